The van der Waals surface area contributed by atoms with Crippen LogP contribution in [0.1, 0.15) is 53.9 Å². The van der Waals surface area contributed by atoms with Gasteiger partial charge in [0, 0.05) is 26.7 Å². The van der Waals surface area contributed by atoms with Gasteiger partial charge in [0.2, 0.25) is 0 Å². The lowest BCUT2D eigenvalue weighted by atomic mass is 9.90. The molecule has 0 radical (unpaired) electrons. The Balaban J connectivity index is 2.67. The van der Waals surface area contributed by atoms with Crippen molar-refractivity contribution in [2.75, 3.05) is 36.5 Å². The van der Waals surface area contributed by atoms with Crippen molar-refractivity contribution in [3.63, 3.8) is 0 Å². The van der Waals surface area contributed by atoms with Crippen molar-refractivity contribution >= 4 is 35.8 Å². The van der Waals surface area contributed by atoms with Crippen LogP contribution in [0.2, 0.25) is 0 Å². The maximum Gasteiger partial charge on any atom is 0.0835 e. The lowest BCUT2D eigenvalue weighted by molar-refractivity contribution is 0.361. The van der Waals surface area contributed by atoms with Gasteiger partial charge in [-0.15, -0.1) is 0 Å². The summed E-state index contributed by atoms with van der Waals surface area (Å²) in [6.45, 7) is 14.3. The average Bonchev–Trinajstić information content (AvgIpc) is 2.42. The van der Waals surface area contributed by atoms with Gasteiger partial charge in [-0.3, -0.25) is 0 Å². The molecule has 0 aliphatic heterocycles. The molecule has 1 aromatic rings. The van der Waals surface area contributed by atoms with Crippen molar-refractivity contribution in [1.29, 1.82) is 0 Å². The summed E-state index contributed by atoms with van der Waals surface area (Å²) < 4.78 is 1.76. The minimum Gasteiger partial charge on any atom is -0.372 e. The zero-order chi connectivity index (χ0) is 16.2. The van der Waals surface area contributed by atoms with Gasteiger partial charge in [-0.05, 0) is 32.1 Å². The summed E-state index contributed by atoms with van der Waals surface area (Å²) in [5.74, 6) is 0. The topological polar surface area (TPSA) is 6.48 Å². The fraction of sp³-hybridized carbons (Fsp3) is 0.765. The van der Waals surface area contributed by atoms with E-state index in [0.29, 0.717) is 5.41 Å². The van der Waals surface area contributed by atoms with E-state index < -0.39 is 0 Å². The van der Waals surface area contributed by atoms with Gasteiger partial charge >= 0.3 is 0 Å². The Bertz CT molecular complexity index is 517. The first-order valence-corrected chi connectivity index (χ1v) is 8.84. The van der Waals surface area contributed by atoms with Gasteiger partial charge in [0.05, 0.1) is 20.4 Å². The molecular formula is C17H30N2S2. The van der Waals surface area contributed by atoms with Crippen LogP contribution in [-0.4, -0.2) is 26.7 Å². The normalized spacial score (nSPS) is 11.9. The van der Waals surface area contributed by atoms with Crippen molar-refractivity contribution in [2.24, 2.45) is 5.41 Å². The van der Waals surface area contributed by atoms with E-state index in [4.69, 9.17) is 24.4 Å². The van der Waals surface area contributed by atoms with Crippen LogP contribution in [0.4, 0.5) is 11.4 Å². The maximum atomic E-state index is 5.47. The summed E-state index contributed by atoms with van der Waals surface area (Å²) in [5.41, 5.74) is 2.81. The molecule has 0 bridgehead atoms. The summed E-state index contributed by atoms with van der Waals surface area (Å²) in [6, 6.07) is 0. The highest BCUT2D eigenvalue weighted by Crippen LogP contribution is 2.38. The Kier molecular flexibility index (Phi) is 6.79. The number of anilines is 2. The zero-order valence-corrected chi connectivity index (χ0v) is 16.1. The second kappa shape index (κ2) is 7.68. The van der Waals surface area contributed by atoms with Crippen LogP contribution in [-0.2, 0) is 0 Å². The molecule has 0 heterocycles. The second-order valence-electron chi connectivity index (χ2n) is 6.97. The monoisotopic (exact) mass is 326 g/mol. The third-order valence-electron chi connectivity index (χ3n) is 3.99. The molecule has 0 amide bonds. The number of hydrogen-bond donors (Lipinski definition) is 0. The van der Waals surface area contributed by atoms with Crippen LogP contribution >= 0.6 is 24.4 Å². The molecule has 1 aromatic carbocycles. The molecule has 1 rings (SSSR count). The minimum absolute atomic E-state index is 0.428. The fourth-order valence-corrected chi connectivity index (χ4v) is 3.34. The molecule has 0 unspecified atom stereocenters. The van der Waals surface area contributed by atoms with Crippen molar-refractivity contribution < 1.29 is 0 Å². The summed E-state index contributed by atoms with van der Waals surface area (Å²) >= 11 is 10.9. The van der Waals surface area contributed by atoms with Crippen molar-refractivity contribution in [2.45, 2.75) is 53.9 Å². The second-order valence-corrected chi connectivity index (χ2v) is 7.78. The van der Waals surface area contributed by atoms with Crippen LogP contribution in [0.15, 0.2) is 0 Å². The Hall–Kier alpha value is -0.480. The number of hydrogen-bond acceptors (Lipinski definition) is 4. The average molecular weight is 327 g/mol. The highest BCUT2D eigenvalue weighted by atomic mass is 32.1. The number of rotatable bonds is 8. The van der Waals surface area contributed by atoms with Crippen LogP contribution < -0.4 is 9.80 Å². The standard InChI is InChI=1S/C17H30N2S2/c1-7-19(8-2)14-13(15(20)16(14)21)18(6)12-10-9-11-17(3,4)5/h7-12H2,1-6H3. The largest absolute Gasteiger partial charge is 0.372 e. The Morgan fingerprint density at radius 1 is 0.905 bits per heavy atom. The molecule has 0 spiro atoms. The molecule has 0 aliphatic rings. The molecule has 0 aromatic heterocycles. The van der Waals surface area contributed by atoms with Gasteiger partial charge in [0.1, 0.15) is 0 Å². The highest BCUT2D eigenvalue weighted by Gasteiger charge is 2.21. The van der Waals surface area contributed by atoms with Gasteiger partial charge in [0.25, 0.3) is 0 Å². The summed E-state index contributed by atoms with van der Waals surface area (Å²) in [5, 5.41) is 0. The summed E-state index contributed by atoms with van der Waals surface area (Å²) in [4.78, 5) is 4.62. The first kappa shape index (κ1) is 18.6. The van der Waals surface area contributed by atoms with E-state index in [1.807, 2.05) is 0 Å². The number of unbranched alkanes of at least 4 members (excludes halogenated alkanes) is 1. The van der Waals surface area contributed by atoms with E-state index in [2.05, 4.69) is 51.5 Å². The highest BCUT2D eigenvalue weighted by molar-refractivity contribution is 7.74. The SMILES string of the molecule is CCN(CC)c1c(N(C)CCCCC(C)(C)C)c(=S)c1=S. The molecule has 2 nitrogen and oxygen atoms in total. The van der Waals surface area contributed by atoms with Crippen molar-refractivity contribution in [1.82, 2.24) is 0 Å². The van der Waals surface area contributed by atoms with E-state index in [0.717, 1.165) is 28.7 Å². The molecular weight excluding hydrogens is 296 g/mol. The molecule has 0 N–H and O–H groups in total. The molecule has 0 saturated heterocycles. The third-order valence-corrected chi connectivity index (χ3v) is 4.92. The lowest BCUT2D eigenvalue weighted by Crippen LogP contribution is -2.29. The quantitative estimate of drug-likeness (QED) is 0.458. The molecule has 0 atom stereocenters. The van der Waals surface area contributed by atoms with E-state index in [-0.39, 0.29) is 0 Å². The van der Waals surface area contributed by atoms with Crippen molar-refractivity contribution in [3.8, 4) is 0 Å². The molecule has 0 fully saturated rings. The van der Waals surface area contributed by atoms with Gasteiger partial charge in [-0.25, -0.2) is 0 Å². The smallest absolute Gasteiger partial charge is 0.0835 e. The predicted molar refractivity (Wildman–Crippen MR) is 101 cm³/mol. The van der Waals surface area contributed by atoms with E-state index in [1.165, 1.54) is 30.6 Å². The summed E-state index contributed by atoms with van der Waals surface area (Å²) in [7, 11) is 2.14. The van der Waals surface area contributed by atoms with Gasteiger partial charge < -0.3 is 9.80 Å². The Labute approximate surface area is 140 Å². The van der Waals surface area contributed by atoms with Crippen LogP contribution in [0.25, 0.3) is 0 Å². The first-order chi connectivity index (χ1) is 9.72. The van der Waals surface area contributed by atoms with Crippen LogP contribution in [0, 0.1) is 14.4 Å². The van der Waals surface area contributed by atoms with Crippen LogP contribution in [0.5, 0.6) is 0 Å². The predicted octanol–water partition coefficient (Wildman–Crippen LogP) is 5.52. The Morgan fingerprint density at radius 2 is 1.43 bits per heavy atom. The van der Waals surface area contributed by atoms with Gasteiger partial charge in [-0.1, -0.05) is 51.6 Å². The number of nitrogens with zero attached hydrogens (tertiary/aromatic N) is 2. The molecule has 21 heavy (non-hydrogen) atoms. The summed E-state index contributed by atoms with van der Waals surface area (Å²) in [6.07, 6.45) is 3.74. The maximum absolute atomic E-state index is 5.47. The zero-order valence-electron chi connectivity index (χ0n) is 14.5. The first-order valence-electron chi connectivity index (χ1n) is 8.02. The molecule has 120 valence electrons. The molecule has 0 saturated carbocycles. The van der Waals surface area contributed by atoms with Crippen molar-refractivity contribution in [3.05, 3.63) is 9.02 Å². The minimum atomic E-state index is 0.428. The fourth-order valence-electron chi connectivity index (χ4n) is 2.67. The lowest BCUT2D eigenvalue weighted by Gasteiger charge is -2.32. The van der Waals surface area contributed by atoms with E-state index in [1.54, 1.807) is 0 Å². The van der Waals surface area contributed by atoms with E-state index in [9.17, 15) is 0 Å². The molecule has 4 heteroatoms. The Morgan fingerprint density at radius 3 is 1.90 bits per heavy atom. The van der Waals surface area contributed by atoms with Gasteiger partial charge in [0.15, 0.2) is 0 Å². The molecule has 0 aliphatic carbocycles. The van der Waals surface area contributed by atoms with E-state index >= 15 is 0 Å². The van der Waals surface area contributed by atoms with Gasteiger partial charge in [-0.2, -0.15) is 0 Å². The van der Waals surface area contributed by atoms with Crippen LogP contribution in [0.3, 0.4) is 0 Å². The third kappa shape index (κ3) is 4.75.